The maximum absolute atomic E-state index is 8.74. The van der Waals surface area contributed by atoms with E-state index in [0.717, 1.165) is 10.5 Å². The van der Waals surface area contributed by atoms with Crippen molar-refractivity contribution in [1.29, 1.82) is 10.7 Å². The number of hydrogen-bond acceptors (Lipinski definition) is 3. The van der Waals surface area contributed by atoms with Crippen molar-refractivity contribution in [2.45, 2.75) is 6.92 Å². The van der Waals surface area contributed by atoms with E-state index in [1.807, 2.05) is 31.3 Å². The van der Waals surface area contributed by atoms with E-state index >= 15 is 0 Å². The number of hydrogen-bond donors (Lipinski definition) is 1. The second-order valence-electron chi connectivity index (χ2n) is 2.53. The van der Waals surface area contributed by atoms with Gasteiger partial charge >= 0.3 is 29.6 Å². The van der Waals surface area contributed by atoms with E-state index in [4.69, 9.17) is 10.7 Å². The first-order chi connectivity index (χ1) is 6.16. The van der Waals surface area contributed by atoms with Crippen LogP contribution in [0.4, 0.5) is 5.69 Å². The Morgan fingerprint density at radius 1 is 1.50 bits per heavy atom. The zero-order chi connectivity index (χ0) is 9.84. The topological polar surface area (TPSA) is 50.9 Å². The predicted molar refractivity (Wildman–Crippen MR) is 54.4 cm³/mol. The molecular weight excluding hydrogens is 205 g/mol. The zero-order valence-corrected chi connectivity index (χ0v) is 10.9. The van der Waals surface area contributed by atoms with Crippen molar-refractivity contribution in [3.63, 3.8) is 0 Å². The third-order valence-electron chi connectivity index (χ3n) is 1.66. The van der Waals surface area contributed by atoms with Crippen molar-refractivity contribution in [3.8, 4) is 6.19 Å². The Bertz CT molecular complexity index is 373. The van der Waals surface area contributed by atoms with Gasteiger partial charge in [-0.3, -0.25) is 4.90 Å². The van der Waals surface area contributed by atoms with Crippen molar-refractivity contribution < 1.29 is 29.6 Å². The van der Waals surface area contributed by atoms with Gasteiger partial charge in [0.05, 0.1) is 5.69 Å². The van der Waals surface area contributed by atoms with Crippen LogP contribution in [0.2, 0.25) is 0 Å². The van der Waals surface area contributed by atoms with Crippen LogP contribution in [-0.4, -0.2) is 5.17 Å². The summed E-state index contributed by atoms with van der Waals surface area (Å²) < 4.78 is 0. The van der Waals surface area contributed by atoms with Crippen LogP contribution in [0.5, 0.6) is 0 Å². The number of aryl methyl sites for hydroxylation is 1. The Hall–Kier alpha value is -0.600. The fourth-order valence-electron chi connectivity index (χ4n) is 1.02. The third kappa shape index (κ3) is 2.96. The summed E-state index contributed by atoms with van der Waals surface area (Å²) in [4.78, 5) is 1.12. The first-order valence-electron chi connectivity index (χ1n) is 3.68. The number of benzene rings is 1. The van der Waals surface area contributed by atoms with E-state index in [1.165, 1.54) is 0 Å². The second kappa shape index (κ2) is 5.99. The molecule has 1 aromatic rings. The molecule has 0 aliphatic rings. The monoisotopic (exact) mass is 213 g/mol. The minimum atomic E-state index is -0.184. The number of para-hydroxylation sites is 1. The van der Waals surface area contributed by atoms with Crippen LogP contribution >= 0.6 is 0 Å². The van der Waals surface area contributed by atoms with Crippen molar-refractivity contribution in [2.24, 2.45) is 0 Å². The summed E-state index contributed by atoms with van der Waals surface area (Å²) in [6.45, 7) is 1.87. The van der Waals surface area contributed by atoms with Crippen molar-refractivity contribution in [3.05, 3.63) is 29.8 Å². The third-order valence-corrected chi connectivity index (χ3v) is 1.84. The maximum atomic E-state index is 8.74. The van der Waals surface area contributed by atoms with Gasteiger partial charge in [-0.15, -0.1) is 0 Å². The normalized spacial score (nSPS) is 8.29. The molecule has 3 nitrogen and oxygen atoms in total. The van der Waals surface area contributed by atoms with Crippen LogP contribution in [0.1, 0.15) is 5.56 Å². The second-order valence-corrected chi connectivity index (χ2v) is 2.91. The Kier molecular flexibility index (Phi) is 5.73. The molecule has 0 atom stereocenters. The van der Waals surface area contributed by atoms with Crippen molar-refractivity contribution in [1.82, 2.24) is 0 Å². The minimum Gasteiger partial charge on any atom is -0.742 e. The van der Waals surface area contributed by atoms with Crippen LogP contribution in [0.15, 0.2) is 24.3 Å². The Morgan fingerprint density at radius 2 is 2.07 bits per heavy atom. The number of nitriles is 1. The first kappa shape index (κ1) is 13.4. The van der Waals surface area contributed by atoms with Gasteiger partial charge in [0, 0.05) is 0 Å². The van der Waals surface area contributed by atoms with Gasteiger partial charge < -0.3 is 18.0 Å². The molecular formula is C9H8N3NaS. The summed E-state index contributed by atoms with van der Waals surface area (Å²) in [5.74, 6) is 0. The average molecular weight is 213 g/mol. The predicted octanol–water partition coefficient (Wildman–Crippen LogP) is -1.23. The SMILES string of the molecule is Cc1ccccc1N(C#N)C(=N)[S-].[Na+]. The fourth-order valence-corrected chi connectivity index (χ4v) is 1.16. The number of nitrogens with one attached hydrogen (secondary N) is 1. The summed E-state index contributed by atoms with van der Waals surface area (Å²) in [6.07, 6.45) is 1.86. The van der Waals surface area contributed by atoms with Crippen molar-refractivity contribution >= 4 is 23.5 Å². The van der Waals surface area contributed by atoms with Crippen molar-refractivity contribution in [2.75, 3.05) is 4.90 Å². The van der Waals surface area contributed by atoms with Crippen LogP contribution in [0.3, 0.4) is 0 Å². The molecule has 0 unspecified atom stereocenters. The summed E-state index contributed by atoms with van der Waals surface area (Å²) >= 11 is 4.63. The zero-order valence-electron chi connectivity index (χ0n) is 8.11. The molecule has 0 aliphatic carbocycles. The number of amidine groups is 1. The van der Waals surface area contributed by atoms with Gasteiger partial charge in [-0.2, -0.15) is 5.26 Å². The Labute approximate surface area is 111 Å². The standard InChI is InChI=1S/C9H9N3S.Na/c1-7-4-2-3-5-8(7)12(6-10)9(11)13;/h2-5H,1H3,(H2,11,13);/q;+1/p-1. The van der Waals surface area contributed by atoms with Gasteiger partial charge in [0.2, 0.25) is 0 Å². The molecule has 66 valence electrons. The Morgan fingerprint density at radius 3 is 2.50 bits per heavy atom. The molecule has 0 amide bonds. The van der Waals surface area contributed by atoms with Gasteiger partial charge in [-0.25, -0.2) is 0 Å². The van der Waals surface area contributed by atoms with Crippen LogP contribution in [0.25, 0.3) is 0 Å². The van der Waals surface area contributed by atoms with E-state index in [2.05, 4.69) is 12.6 Å². The fraction of sp³-hybridized carbons (Fsp3) is 0.111. The quantitative estimate of drug-likeness (QED) is 0.159. The summed E-state index contributed by atoms with van der Waals surface area (Å²) in [5.41, 5.74) is 1.60. The summed E-state index contributed by atoms with van der Waals surface area (Å²) in [6, 6.07) is 7.32. The van der Waals surface area contributed by atoms with E-state index in [0.29, 0.717) is 5.69 Å². The molecule has 1 rings (SSSR count). The molecule has 0 bridgehead atoms. The van der Waals surface area contributed by atoms with E-state index in [9.17, 15) is 0 Å². The molecule has 0 saturated carbocycles. The number of nitrogens with zero attached hydrogens (tertiary/aromatic N) is 2. The molecule has 5 heteroatoms. The van der Waals surface area contributed by atoms with Crippen LogP contribution in [0, 0.1) is 23.8 Å². The van der Waals surface area contributed by atoms with Gasteiger partial charge in [0.1, 0.15) is 0 Å². The molecule has 1 aromatic carbocycles. The molecule has 0 spiro atoms. The van der Waals surface area contributed by atoms with Crippen LogP contribution < -0.4 is 34.5 Å². The van der Waals surface area contributed by atoms with Gasteiger partial charge in [0.15, 0.2) is 6.19 Å². The minimum absolute atomic E-state index is 0. The van der Waals surface area contributed by atoms with Gasteiger partial charge in [-0.05, 0) is 23.7 Å². The van der Waals surface area contributed by atoms with Gasteiger partial charge in [0.25, 0.3) is 0 Å². The molecule has 0 aliphatic heterocycles. The summed E-state index contributed by atoms with van der Waals surface area (Å²) in [7, 11) is 0. The number of rotatable bonds is 1. The number of anilines is 1. The van der Waals surface area contributed by atoms with E-state index < -0.39 is 0 Å². The molecule has 0 aromatic heterocycles. The maximum Gasteiger partial charge on any atom is 1.00 e. The van der Waals surface area contributed by atoms with E-state index in [-0.39, 0.29) is 34.7 Å². The molecule has 0 fully saturated rings. The Balaban J connectivity index is 0.00000169. The molecule has 0 saturated heterocycles. The smallest absolute Gasteiger partial charge is 0.742 e. The average Bonchev–Trinajstić information content (AvgIpc) is 2.09. The molecule has 14 heavy (non-hydrogen) atoms. The molecule has 1 N–H and O–H groups in total. The van der Waals surface area contributed by atoms with Crippen LogP contribution in [-0.2, 0) is 12.6 Å². The molecule has 0 heterocycles. The van der Waals surface area contributed by atoms with Gasteiger partial charge in [-0.1, -0.05) is 18.2 Å². The first-order valence-corrected chi connectivity index (χ1v) is 4.08. The largest absolute Gasteiger partial charge is 1.00 e. The summed E-state index contributed by atoms with van der Waals surface area (Å²) in [5, 5.41) is 15.8. The van der Waals surface area contributed by atoms with E-state index in [1.54, 1.807) is 6.07 Å². The molecule has 0 radical (unpaired) electrons.